The fourth-order valence-electron chi connectivity index (χ4n) is 4.25. The molecule has 1 fully saturated rings. The fourth-order valence-corrected chi connectivity index (χ4v) is 4.25. The number of piperidine rings is 1. The zero-order valence-electron chi connectivity index (χ0n) is 18.7. The van der Waals surface area contributed by atoms with Gasteiger partial charge in [0.2, 0.25) is 0 Å². The van der Waals surface area contributed by atoms with Crippen molar-refractivity contribution in [3.8, 4) is 5.75 Å². The maximum Gasteiger partial charge on any atom is 0.276 e. The Morgan fingerprint density at radius 1 is 1.16 bits per heavy atom. The number of hydrogen-bond donors (Lipinski definition) is 0. The van der Waals surface area contributed by atoms with Crippen LogP contribution in [0.4, 0.5) is 0 Å². The lowest BCUT2D eigenvalue weighted by molar-refractivity contribution is 0.0601. The number of imidazole rings is 1. The SMILES string of the molecule is CCOc1ccc(C)nc1C(=O)N1CCCC[C@H]1Cc1cn2ccc(C)c(C)c2n1.Cl. The van der Waals surface area contributed by atoms with E-state index < -0.39 is 0 Å². The molecule has 1 saturated heterocycles. The average molecular weight is 443 g/mol. The second-order valence-electron chi connectivity index (χ2n) is 8.17. The molecule has 0 spiro atoms. The third-order valence-electron chi connectivity index (χ3n) is 6.03. The molecule has 31 heavy (non-hydrogen) atoms. The van der Waals surface area contributed by atoms with Crippen molar-refractivity contribution in [1.82, 2.24) is 19.3 Å². The Balaban J connectivity index is 0.00000272. The summed E-state index contributed by atoms with van der Waals surface area (Å²) in [5.41, 5.74) is 5.70. The molecule has 6 nitrogen and oxygen atoms in total. The predicted octanol–water partition coefficient (Wildman–Crippen LogP) is 4.71. The highest BCUT2D eigenvalue weighted by molar-refractivity contribution is 5.95. The lowest BCUT2D eigenvalue weighted by Gasteiger charge is -2.35. The highest BCUT2D eigenvalue weighted by atomic mass is 35.5. The van der Waals surface area contributed by atoms with E-state index in [4.69, 9.17) is 9.72 Å². The van der Waals surface area contributed by atoms with Crippen molar-refractivity contribution >= 4 is 24.0 Å². The number of aromatic nitrogens is 3. The van der Waals surface area contributed by atoms with Crippen LogP contribution in [-0.2, 0) is 6.42 Å². The molecule has 0 aromatic carbocycles. The van der Waals surface area contributed by atoms with Gasteiger partial charge in [0.1, 0.15) is 5.65 Å². The lowest BCUT2D eigenvalue weighted by Crippen LogP contribution is -2.45. The van der Waals surface area contributed by atoms with E-state index in [1.54, 1.807) is 0 Å². The molecule has 0 unspecified atom stereocenters. The van der Waals surface area contributed by atoms with Crippen LogP contribution in [0.25, 0.3) is 5.65 Å². The fraction of sp³-hybridized carbons (Fsp3) is 0.458. The van der Waals surface area contributed by atoms with Crippen LogP contribution < -0.4 is 4.74 Å². The van der Waals surface area contributed by atoms with Crippen molar-refractivity contribution in [3.63, 3.8) is 0 Å². The summed E-state index contributed by atoms with van der Waals surface area (Å²) >= 11 is 0. The van der Waals surface area contributed by atoms with E-state index in [0.29, 0.717) is 18.1 Å². The summed E-state index contributed by atoms with van der Waals surface area (Å²) < 4.78 is 7.78. The number of carbonyl (C=O) groups excluding carboxylic acids is 1. The number of pyridine rings is 2. The number of rotatable bonds is 5. The van der Waals surface area contributed by atoms with Gasteiger partial charge in [0.25, 0.3) is 5.91 Å². The maximum absolute atomic E-state index is 13.5. The zero-order valence-corrected chi connectivity index (χ0v) is 19.5. The number of nitrogens with zero attached hydrogens (tertiary/aromatic N) is 4. The number of ether oxygens (including phenoxy) is 1. The van der Waals surface area contributed by atoms with Gasteiger partial charge in [-0.2, -0.15) is 0 Å². The average Bonchev–Trinajstić information content (AvgIpc) is 3.15. The number of amides is 1. The molecule has 3 aromatic rings. The first-order chi connectivity index (χ1) is 14.5. The first kappa shape index (κ1) is 23.1. The number of halogens is 1. The highest BCUT2D eigenvalue weighted by Crippen LogP contribution is 2.26. The van der Waals surface area contributed by atoms with Crippen LogP contribution in [0.5, 0.6) is 5.75 Å². The van der Waals surface area contributed by atoms with Gasteiger partial charge in [0, 0.05) is 37.1 Å². The topological polar surface area (TPSA) is 59.7 Å². The van der Waals surface area contributed by atoms with Crippen molar-refractivity contribution < 1.29 is 9.53 Å². The Morgan fingerprint density at radius 3 is 2.74 bits per heavy atom. The van der Waals surface area contributed by atoms with Crippen molar-refractivity contribution in [3.05, 3.63) is 58.8 Å². The molecular weight excluding hydrogens is 412 g/mol. The number of fused-ring (bicyclic) bond motifs is 1. The third kappa shape index (κ3) is 4.69. The summed E-state index contributed by atoms with van der Waals surface area (Å²) in [6.07, 6.45) is 8.02. The Labute approximate surface area is 190 Å². The minimum atomic E-state index is -0.0392. The van der Waals surface area contributed by atoms with Crippen molar-refractivity contribution in [2.75, 3.05) is 13.2 Å². The van der Waals surface area contributed by atoms with Crippen LogP contribution in [0.15, 0.2) is 30.6 Å². The summed E-state index contributed by atoms with van der Waals surface area (Å²) in [4.78, 5) is 24.9. The molecule has 0 bridgehead atoms. The van der Waals surface area contributed by atoms with Gasteiger partial charge < -0.3 is 14.0 Å². The minimum Gasteiger partial charge on any atom is -0.491 e. The Bertz CT molecular complexity index is 1080. The van der Waals surface area contributed by atoms with Gasteiger partial charge in [0.15, 0.2) is 11.4 Å². The molecule has 4 rings (SSSR count). The molecular formula is C24H31ClN4O2. The van der Waals surface area contributed by atoms with E-state index in [2.05, 4.69) is 41.7 Å². The second kappa shape index (κ2) is 9.69. The molecule has 1 aliphatic rings. The highest BCUT2D eigenvalue weighted by Gasteiger charge is 2.31. The molecule has 7 heteroatoms. The van der Waals surface area contributed by atoms with Crippen LogP contribution in [0.3, 0.4) is 0 Å². The molecule has 1 amide bonds. The van der Waals surface area contributed by atoms with Crippen LogP contribution >= 0.6 is 12.4 Å². The Kier molecular flexibility index (Phi) is 7.21. The smallest absolute Gasteiger partial charge is 0.276 e. The summed E-state index contributed by atoms with van der Waals surface area (Å²) in [6.45, 7) is 9.29. The van der Waals surface area contributed by atoms with Gasteiger partial charge in [-0.3, -0.25) is 4.79 Å². The monoisotopic (exact) mass is 442 g/mol. The standard InChI is InChI=1S/C24H30N4O2.ClH/c1-5-30-21-10-9-17(3)25-22(21)24(29)28-12-7-6-8-20(28)14-19-15-27-13-11-16(2)18(4)23(27)26-19;/h9-11,13,15,20H,5-8,12,14H2,1-4H3;1H/t20-;/m0./s1. The van der Waals surface area contributed by atoms with Gasteiger partial charge in [-0.25, -0.2) is 9.97 Å². The van der Waals surface area contributed by atoms with Gasteiger partial charge in [0.05, 0.1) is 12.3 Å². The Morgan fingerprint density at radius 2 is 1.97 bits per heavy atom. The summed E-state index contributed by atoms with van der Waals surface area (Å²) in [6, 6.07) is 5.97. The van der Waals surface area contributed by atoms with Crippen molar-refractivity contribution in [2.45, 2.75) is 59.4 Å². The lowest BCUT2D eigenvalue weighted by atomic mass is 9.97. The largest absolute Gasteiger partial charge is 0.491 e. The molecule has 4 heterocycles. The Hall–Kier alpha value is -2.60. The summed E-state index contributed by atoms with van der Waals surface area (Å²) in [5, 5.41) is 0. The minimum absolute atomic E-state index is 0. The quantitative estimate of drug-likeness (QED) is 0.574. The molecule has 0 N–H and O–H groups in total. The van der Waals surface area contributed by atoms with Crippen molar-refractivity contribution in [1.29, 1.82) is 0 Å². The molecule has 1 aliphatic heterocycles. The van der Waals surface area contributed by atoms with Gasteiger partial charge >= 0.3 is 0 Å². The number of hydrogen-bond acceptors (Lipinski definition) is 4. The van der Waals surface area contributed by atoms with Gasteiger partial charge in [-0.1, -0.05) is 0 Å². The van der Waals surface area contributed by atoms with Crippen molar-refractivity contribution in [2.24, 2.45) is 0 Å². The van der Waals surface area contributed by atoms with Gasteiger partial charge in [-0.15, -0.1) is 12.4 Å². The molecule has 1 atom stereocenters. The van der Waals surface area contributed by atoms with Crippen LogP contribution in [0.2, 0.25) is 0 Å². The van der Waals surface area contributed by atoms with E-state index in [0.717, 1.165) is 49.3 Å². The van der Waals surface area contributed by atoms with E-state index >= 15 is 0 Å². The van der Waals surface area contributed by atoms with E-state index in [9.17, 15) is 4.79 Å². The van der Waals surface area contributed by atoms with Crippen LogP contribution in [0, 0.1) is 20.8 Å². The molecule has 0 radical (unpaired) electrons. The molecule has 3 aromatic heterocycles. The first-order valence-corrected chi connectivity index (χ1v) is 10.8. The zero-order chi connectivity index (χ0) is 21.3. The van der Waals surface area contributed by atoms with Crippen LogP contribution in [-0.4, -0.2) is 44.4 Å². The number of carbonyl (C=O) groups is 1. The number of aryl methyl sites for hydroxylation is 3. The summed E-state index contributed by atoms with van der Waals surface area (Å²) in [5.74, 6) is 0.527. The molecule has 0 aliphatic carbocycles. The predicted molar refractivity (Wildman–Crippen MR) is 124 cm³/mol. The normalized spacial score (nSPS) is 16.3. The maximum atomic E-state index is 13.5. The summed E-state index contributed by atoms with van der Waals surface area (Å²) in [7, 11) is 0. The first-order valence-electron chi connectivity index (χ1n) is 10.8. The molecule has 0 saturated carbocycles. The van der Waals surface area contributed by atoms with E-state index in [1.807, 2.05) is 30.9 Å². The van der Waals surface area contributed by atoms with Crippen LogP contribution in [0.1, 0.15) is 59.2 Å². The van der Waals surface area contributed by atoms with Gasteiger partial charge in [-0.05, 0) is 76.3 Å². The van der Waals surface area contributed by atoms with E-state index in [1.165, 1.54) is 11.1 Å². The molecule has 166 valence electrons. The number of likely N-dealkylation sites (tertiary alicyclic amines) is 1. The second-order valence-corrected chi connectivity index (χ2v) is 8.17. The third-order valence-corrected chi connectivity index (χ3v) is 6.03. The van der Waals surface area contributed by atoms with E-state index in [-0.39, 0.29) is 24.4 Å².